The maximum Gasteiger partial charge on any atom is 0.0730 e. The van der Waals surface area contributed by atoms with E-state index in [0.29, 0.717) is 12.1 Å². The lowest BCUT2D eigenvalue weighted by Crippen LogP contribution is -2.49. The molecule has 1 aliphatic rings. The zero-order valence-corrected chi connectivity index (χ0v) is 16.1. The van der Waals surface area contributed by atoms with Crippen molar-refractivity contribution in [2.45, 2.75) is 78.0 Å². The number of aliphatic hydroxyl groups excluding tert-OH is 1. The summed E-state index contributed by atoms with van der Waals surface area (Å²) >= 11 is 0. The Balaban J connectivity index is 0.00000139. The van der Waals surface area contributed by atoms with Gasteiger partial charge in [-0.05, 0) is 38.3 Å². The third-order valence-corrected chi connectivity index (χ3v) is 4.61. The van der Waals surface area contributed by atoms with Crippen molar-refractivity contribution < 1.29 is 9.84 Å². The fourth-order valence-electron chi connectivity index (χ4n) is 3.50. The van der Waals surface area contributed by atoms with Crippen molar-refractivity contribution in [3.63, 3.8) is 0 Å². The Labute approximate surface area is 149 Å². The molecule has 0 amide bonds. The molecule has 24 heavy (non-hydrogen) atoms. The van der Waals surface area contributed by atoms with Gasteiger partial charge < -0.3 is 9.84 Å². The first-order valence-corrected chi connectivity index (χ1v) is 9.78. The summed E-state index contributed by atoms with van der Waals surface area (Å²) in [6, 6.07) is 11.0. The number of hydrogen-bond acceptors (Lipinski definition) is 3. The van der Waals surface area contributed by atoms with Crippen molar-refractivity contribution in [2.75, 3.05) is 19.7 Å². The van der Waals surface area contributed by atoms with Crippen LogP contribution in [0.2, 0.25) is 0 Å². The molecule has 138 valence electrons. The van der Waals surface area contributed by atoms with E-state index in [0.717, 1.165) is 32.5 Å². The van der Waals surface area contributed by atoms with Gasteiger partial charge in [-0.1, -0.05) is 63.9 Å². The Hall–Kier alpha value is -0.900. The standard InChI is InChI=1S/C19H31NO2.C2H6/c1-3-20(15-16(2)21)18-11-7-8-12-19(18)22-14-13-17-9-5-4-6-10-17;1-2/h4-6,9-10,16,18-19,21H,3,7-8,11-15H2,1-2H3;1-2H3/t16-,18-,19-;/m1./s1. The predicted octanol–water partition coefficient (Wildman–Crippen LogP) is 4.29. The van der Waals surface area contributed by atoms with E-state index in [2.05, 4.69) is 42.2 Å². The number of likely N-dealkylation sites (N-methyl/N-ethyl adjacent to an activating group) is 1. The number of nitrogens with zero attached hydrogens (tertiary/aromatic N) is 1. The molecule has 0 unspecified atom stereocenters. The molecule has 0 saturated heterocycles. The van der Waals surface area contributed by atoms with E-state index in [1.807, 2.05) is 20.8 Å². The minimum atomic E-state index is -0.271. The Morgan fingerprint density at radius 3 is 2.46 bits per heavy atom. The van der Waals surface area contributed by atoms with Crippen molar-refractivity contribution in [1.29, 1.82) is 0 Å². The molecule has 1 aromatic carbocycles. The van der Waals surface area contributed by atoms with Gasteiger partial charge in [0.25, 0.3) is 0 Å². The molecule has 3 heteroatoms. The molecule has 1 fully saturated rings. The fraction of sp³-hybridized carbons (Fsp3) is 0.714. The van der Waals surface area contributed by atoms with Gasteiger partial charge in [0.2, 0.25) is 0 Å². The van der Waals surface area contributed by atoms with Crippen molar-refractivity contribution in [1.82, 2.24) is 4.90 Å². The molecule has 1 aliphatic carbocycles. The average Bonchev–Trinajstić information content (AvgIpc) is 2.63. The van der Waals surface area contributed by atoms with Crippen LogP contribution in [-0.2, 0) is 11.2 Å². The van der Waals surface area contributed by atoms with Gasteiger partial charge in [0.1, 0.15) is 0 Å². The molecule has 0 aromatic heterocycles. The first kappa shape index (κ1) is 21.1. The molecule has 0 spiro atoms. The summed E-state index contributed by atoms with van der Waals surface area (Å²) in [4.78, 5) is 2.40. The van der Waals surface area contributed by atoms with Gasteiger partial charge in [0.15, 0.2) is 0 Å². The van der Waals surface area contributed by atoms with Crippen LogP contribution in [0, 0.1) is 0 Å². The molecule has 0 bridgehead atoms. The van der Waals surface area contributed by atoms with Gasteiger partial charge in [-0.3, -0.25) is 4.90 Å². The van der Waals surface area contributed by atoms with Gasteiger partial charge in [-0.2, -0.15) is 0 Å². The summed E-state index contributed by atoms with van der Waals surface area (Å²) in [6.45, 7) is 10.6. The third-order valence-electron chi connectivity index (χ3n) is 4.61. The second-order valence-electron chi connectivity index (χ2n) is 6.43. The highest BCUT2D eigenvalue weighted by Crippen LogP contribution is 2.26. The number of rotatable bonds is 8. The average molecular weight is 336 g/mol. The van der Waals surface area contributed by atoms with Crippen LogP contribution >= 0.6 is 0 Å². The summed E-state index contributed by atoms with van der Waals surface area (Å²) in [6.07, 6.45) is 5.90. The largest absolute Gasteiger partial charge is 0.392 e. The molecule has 3 atom stereocenters. The molecule has 0 aliphatic heterocycles. The first-order valence-electron chi connectivity index (χ1n) is 9.78. The van der Waals surface area contributed by atoms with Gasteiger partial charge in [-0.15, -0.1) is 0 Å². The van der Waals surface area contributed by atoms with E-state index < -0.39 is 0 Å². The quantitative estimate of drug-likeness (QED) is 0.769. The lowest BCUT2D eigenvalue weighted by Gasteiger charge is -2.40. The van der Waals surface area contributed by atoms with Crippen LogP contribution in [0.1, 0.15) is 58.9 Å². The molecule has 3 nitrogen and oxygen atoms in total. The van der Waals surface area contributed by atoms with E-state index in [4.69, 9.17) is 4.74 Å². The highest BCUT2D eigenvalue weighted by atomic mass is 16.5. The van der Waals surface area contributed by atoms with Crippen LogP contribution in [0.15, 0.2) is 30.3 Å². The molecule has 0 heterocycles. The summed E-state index contributed by atoms with van der Waals surface area (Å²) in [5.74, 6) is 0. The zero-order chi connectivity index (χ0) is 17.8. The van der Waals surface area contributed by atoms with Gasteiger partial charge in [0.05, 0.1) is 18.8 Å². The highest BCUT2D eigenvalue weighted by Gasteiger charge is 2.30. The predicted molar refractivity (Wildman–Crippen MR) is 102 cm³/mol. The van der Waals surface area contributed by atoms with Crippen LogP contribution in [0.3, 0.4) is 0 Å². The lowest BCUT2D eigenvalue weighted by molar-refractivity contribution is -0.0427. The van der Waals surface area contributed by atoms with Crippen molar-refractivity contribution in [2.24, 2.45) is 0 Å². The first-order chi connectivity index (χ1) is 11.7. The van der Waals surface area contributed by atoms with Crippen LogP contribution in [0.25, 0.3) is 0 Å². The maximum atomic E-state index is 9.71. The van der Waals surface area contributed by atoms with Crippen molar-refractivity contribution >= 4 is 0 Å². The number of ether oxygens (including phenoxy) is 1. The molecule has 1 aromatic rings. The Morgan fingerprint density at radius 2 is 1.83 bits per heavy atom. The molecular weight excluding hydrogens is 298 g/mol. The fourth-order valence-corrected chi connectivity index (χ4v) is 3.50. The van der Waals surface area contributed by atoms with E-state index in [1.54, 1.807) is 0 Å². The SMILES string of the molecule is CC.CCN(C[C@@H](C)O)[C@@H]1CCCC[C@H]1OCCc1ccccc1. The van der Waals surface area contributed by atoms with Crippen molar-refractivity contribution in [3.8, 4) is 0 Å². The minimum Gasteiger partial charge on any atom is -0.392 e. The summed E-state index contributed by atoms with van der Waals surface area (Å²) in [5.41, 5.74) is 1.34. The second kappa shape index (κ2) is 12.5. The van der Waals surface area contributed by atoms with E-state index in [9.17, 15) is 5.11 Å². The van der Waals surface area contributed by atoms with Crippen molar-refractivity contribution in [3.05, 3.63) is 35.9 Å². The molecule has 1 N–H and O–H groups in total. The van der Waals surface area contributed by atoms with Crippen LogP contribution in [-0.4, -0.2) is 48.0 Å². The number of aliphatic hydroxyl groups is 1. The van der Waals surface area contributed by atoms with Crippen LogP contribution in [0.5, 0.6) is 0 Å². The molecule has 2 rings (SSSR count). The second-order valence-corrected chi connectivity index (χ2v) is 6.43. The molecule has 0 radical (unpaired) electrons. The molecular formula is C21H37NO2. The third kappa shape index (κ3) is 7.33. The summed E-state index contributed by atoms with van der Waals surface area (Å²) < 4.78 is 6.24. The lowest BCUT2D eigenvalue weighted by atomic mass is 9.91. The topological polar surface area (TPSA) is 32.7 Å². The summed E-state index contributed by atoms with van der Waals surface area (Å²) in [7, 11) is 0. The van der Waals surface area contributed by atoms with Crippen LogP contribution in [0.4, 0.5) is 0 Å². The van der Waals surface area contributed by atoms with Gasteiger partial charge in [0, 0.05) is 12.6 Å². The van der Waals surface area contributed by atoms with Gasteiger partial charge in [-0.25, -0.2) is 0 Å². The Kier molecular flexibility index (Phi) is 11.0. The summed E-state index contributed by atoms with van der Waals surface area (Å²) in [5, 5.41) is 9.71. The highest BCUT2D eigenvalue weighted by molar-refractivity contribution is 5.14. The smallest absolute Gasteiger partial charge is 0.0730 e. The van der Waals surface area contributed by atoms with Gasteiger partial charge >= 0.3 is 0 Å². The zero-order valence-electron chi connectivity index (χ0n) is 16.1. The normalized spacial score (nSPS) is 21.9. The monoisotopic (exact) mass is 335 g/mol. The molecule has 1 saturated carbocycles. The Morgan fingerprint density at radius 1 is 1.17 bits per heavy atom. The Bertz CT molecular complexity index is 408. The van der Waals surface area contributed by atoms with E-state index in [1.165, 1.54) is 24.8 Å². The number of benzene rings is 1. The maximum absolute atomic E-state index is 9.71. The van der Waals surface area contributed by atoms with Crippen LogP contribution < -0.4 is 0 Å². The van der Waals surface area contributed by atoms with E-state index >= 15 is 0 Å². The van der Waals surface area contributed by atoms with E-state index in [-0.39, 0.29) is 6.10 Å². The minimum absolute atomic E-state index is 0.271. The number of hydrogen-bond donors (Lipinski definition) is 1.